The van der Waals surface area contributed by atoms with E-state index < -0.39 is 18.1 Å². The lowest BCUT2D eigenvalue weighted by Gasteiger charge is -2.15. The van der Waals surface area contributed by atoms with Crippen LogP contribution < -0.4 is 5.32 Å². The van der Waals surface area contributed by atoms with Crippen LogP contribution in [-0.2, 0) is 0 Å². The number of rotatable bonds is 3. The van der Waals surface area contributed by atoms with Crippen LogP contribution in [0.5, 0.6) is 0 Å². The predicted molar refractivity (Wildman–Crippen MR) is 67.7 cm³/mol. The third kappa shape index (κ3) is 3.36. The fourth-order valence-corrected chi connectivity index (χ4v) is 1.62. The molecule has 0 fully saturated rings. The first kappa shape index (κ1) is 14.9. The summed E-state index contributed by atoms with van der Waals surface area (Å²) in [6.45, 7) is 2.44. The first-order valence-corrected chi connectivity index (χ1v) is 5.99. The topological polar surface area (TPSA) is 72.7 Å². The van der Waals surface area contributed by atoms with E-state index in [-0.39, 0.29) is 11.3 Å². The number of hydrogen-bond acceptors (Lipinski definition) is 4. The summed E-state index contributed by atoms with van der Waals surface area (Å²) in [4.78, 5) is 12.0. The van der Waals surface area contributed by atoms with E-state index in [2.05, 4.69) is 20.6 Å². The third-order valence-corrected chi connectivity index (χ3v) is 2.87. The van der Waals surface area contributed by atoms with Crippen LogP contribution in [-0.4, -0.2) is 32.1 Å². The van der Waals surface area contributed by atoms with Crippen molar-refractivity contribution in [1.29, 1.82) is 0 Å². The second-order valence-electron chi connectivity index (χ2n) is 4.41. The van der Waals surface area contributed by atoms with E-state index in [4.69, 9.17) is 0 Å². The molecule has 0 radical (unpaired) electrons. The quantitative estimate of drug-likeness (QED) is 0.944. The summed E-state index contributed by atoms with van der Waals surface area (Å²) >= 11 is 0. The molecule has 0 spiro atoms. The summed E-state index contributed by atoms with van der Waals surface area (Å²) in [6, 6.07) is -0.288. The molecular formula is C12H12F3N5O. The molecule has 0 bridgehead atoms. The second kappa shape index (κ2) is 5.51. The summed E-state index contributed by atoms with van der Waals surface area (Å²) in [5.41, 5.74) is 0.680. The van der Waals surface area contributed by atoms with Crippen molar-refractivity contribution in [1.82, 2.24) is 20.0 Å². The second-order valence-corrected chi connectivity index (χ2v) is 4.41. The Labute approximate surface area is 118 Å². The standard InChI is InChI=1S/C12H12F3N5O/c1-7-10(6-20(19-7)8(2)12(13,14)15)11(21)18-9-3-4-16-17-5-9/h3-6,8H,1-2H3,(H,16,18,21). The lowest BCUT2D eigenvalue weighted by Crippen LogP contribution is -2.24. The average molecular weight is 299 g/mol. The molecule has 6 nitrogen and oxygen atoms in total. The van der Waals surface area contributed by atoms with E-state index in [1.165, 1.54) is 25.4 Å². The zero-order valence-electron chi connectivity index (χ0n) is 11.2. The number of nitrogens with one attached hydrogen (secondary N) is 1. The molecule has 0 saturated carbocycles. The molecule has 1 unspecified atom stereocenters. The number of aromatic nitrogens is 4. The van der Waals surface area contributed by atoms with Crippen LogP contribution in [0, 0.1) is 6.92 Å². The van der Waals surface area contributed by atoms with Crippen LogP contribution >= 0.6 is 0 Å². The Morgan fingerprint density at radius 2 is 2.10 bits per heavy atom. The van der Waals surface area contributed by atoms with Gasteiger partial charge in [0.15, 0.2) is 0 Å². The van der Waals surface area contributed by atoms with E-state index in [1.54, 1.807) is 0 Å². The summed E-state index contributed by atoms with van der Waals surface area (Å²) in [7, 11) is 0. The Morgan fingerprint density at radius 3 is 2.67 bits per heavy atom. The SMILES string of the molecule is Cc1nn(C(C)C(F)(F)F)cc1C(=O)Nc1ccnnc1. The fraction of sp³-hybridized carbons (Fsp3) is 0.333. The fourth-order valence-electron chi connectivity index (χ4n) is 1.62. The van der Waals surface area contributed by atoms with Gasteiger partial charge < -0.3 is 5.32 Å². The van der Waals surface area contributed by atoms with Gasteiger partial charge >= 0.3 is 6.18 Å². The Morgan fingerprint density at radius 1 is 1.38 bits per heavy atom. The van der Waals surface area contributed by atoms with E-state index >= 15 is 0 Å². The molecule has 2 aromatic heterocycles. The molecule has 1 N–H and O–H groups in total. The van der Waals surface area contributed by atoms with Crippen LogP contribution in [0.4, 0.5) is 18.9 Å². The summed E-state index contributed by atoms with van der Waals surface area (Å²) < 4.78 is 38.7. The van der Waals surface area contributed by atoms with Crippen LogP contribution in [0.15, 0.2) is 24.7 Å². The van der Waals surface area contributed by atoms with Crippen molar-refractivity contribution in [3.05, 3.63) is 35.9 Å². The van der Waals surface area contributed by atoms with E-state index in [0.717, 1.165) is 17.8 Å². The number of aryl methyl sites for hydroxylation is 1. The van der Waals surface area contributed by atoms with Gasteiger partial charge in [-0.15, -0.1) is 0 Å². The van der Waals surface area contributed by atoms with Gasteiger partial charge in [0, 0.05) is 6.20 Å². The van der Waals surface area contributed by atoms with Gasteiger partial charge in [-0.3, -0.25) is 9.48 Å². The molecular weight excluding hydrogens is 287 g/mol. The van der Waals surface area contributed by atoms with Crippen LogP contribution in [0.2, 0.25) is 0 Å². The molecule has 0 aromatic carbocycles. The van der Waals surface area contributed by atoms with Crippen molar-refractivity contribution in [2.75, 3.05) is 5.32 Å². The lowest BCUT2D eigenvalue weighted by molar-refractivity contribution is -0.165. The number of hydrogen-bond donors (Lipinski definition) is 1. The van der Waals surface area contributed by atoms with Crippen molar-refractivity contribution < 1.29 is 18.0 Å². The highest BCUT2D eigenvalue weighted by Gasteiger charge is 2.38. The van der Waals surface area contributed by atoms with Crippen LogP contribution in [0.1, 0.15) is 29.0 Å². The van der Waals surface area contributed by atoms with Crippen molar-refractivity contribution in [3.8, 4) is 0 Å². The Hall–Kier alpha value is -2.45. The Kier molecular flexibility index (Phi) is 3.92. The largest absolute Gasteiger partial charge is 0.410 e. The molecule has 1 atom stereocenters. The Bertz CT molecular complexity index is 638. The van der Waals surface area contributed by atoms with Gasteiger partial charge in [0.2, 0.25) is 0 Å². The average Bonchev–Trinajstić information content (AvgIpc) is 2.80. The molecule has 9 heteroatoms. The van der Waals surface area contributed by atoms with E-state index in [9.17, 15) is 18.0 Å². The van der Waals surface area contributed by atoms with Gasteiger partial charge in [0.1, 0.15) is 6.04 Å². The maximum absolute atomic E-state index is 12.6. The number of alkyl halides is 3. The van der Waals surface area contributed by atoms with Gasteiger partial charge in [-0.05, 0) is 19.9 Å². The maximum Gasteiger partial charge on any atom is 0.410 e. The molecule has 2 rings (SSSR count). The number of halogens is 3. The number of carbonyl (C=O) groups excluding carboxylic acids is 1. The molecule has 0 aliphatic rings. The van der Waals surface area contributed by atoms with Crippen molar-refractivity contribution in [2.24, 2.45) is 0 Å². The van der Waals surface area contributed by atoms with Crippen LogP contribution in [0.3, 0.4) is 0 Å². The van der Waals surface area contributed by atoms with Gasteiger partial charge in [0.25, 0.3) is 5.91 Å². The molecule has 21 heavy (non-hydrogen) atoms. The van der Waals surface area contributed by atoms with E-state index in [1.807, 2.05) is 0 Å². The minimum absolute atomic E-state index is 0.0721. The van der Waals surface area contributed by atoms with Crippen molar-refractivity contribution in [2.45, 2.75) is 26.1 Å². The minimum Gasteiger partial charge on any atom is -0.320 e. The number of nitrogens with zero attached hydrogens (tertiary/aromatic N) is 4. The van der Waals surface area contributed by atoms with Crippen molar-refractivity contribution >= 4 is 11.6 Å². The molecule has 0 saturated heterocycles. The van der Waals surface area contributed by atoms with E-state index in [0.29, 0.717) is 5.69 Å². The number of anilines is 1. The first-order chi connectivity index (χ1) is 9.79. The summed E-state index contributed by atoms with van der Waals surface area (Å²) in [5.74, 6) is -0.555. The predicted octanol–water partition coefficient (Wildman–Crippen LogP) is 2.36. The van der Waals surface area contributed by atoms with Crippen molar-refractivity contribution in [3.63, 3.8) is 0 Å². The Balaban J connectivity index is 2.21. The van der Waals surface area contributed by atoms with Gasteiger partial charge in [-0.2, -0.15) is 28.5 Å². The minimum atomic E-state index is -4.43. The van der Waals surface area contributed by atoms with Gasteiger partial charge in [-0.25, -0.2) is 0 Å². The maximum atomic E-state index is 12.6. The monoisotopic (exact) mass is 299 g/mol. The number of amides is 1. The normalized spacial score (nSPS) is 13.0. The zero-order chi connectivity index (χ0) is 15.6. The van der Waals surface area contributed by atoms with Gasteiger partial charge in [-0.1, -0.05) is 0 Å². The molecule has 1 amide bonds. The highest BCUT2D eigenvalue weighted by Crippen LogP contribution is 2.30. The van der Waals surface area contributed by atoms with Gasteiger partial charge in [0.05, 0.1) is 29.3 Å². The van der Waals surface area contributed by atoms with Crippen LogP contribution in [0.25, 0.3) is 0 Å². The number of carbonyl (C=O) groups is 1. The first-order valence-electron chi connectivity index (χ1n) is 5.99. The molecule has 2 aromatic rings. The lowest BCUT2D eigenvalue weighted by atomic mass is 10.2. The smallest absolute Gasteiger partial charge is 0.320 e. The molecule has 112 valence electrons. The third-order valence-electron chi connectivity index (χ3n) is 2.87. The zero-order valence-corrected chi connectivity index (χ0v) is 11.2. The molecule has 2 heterocycles. The molecule has 0 aliphatic carbocycles. The highest BCUT2D eigenvalue weighted by molar-refractivity contribution is 6.04. The summed E-state index contributed by atoms with van der Waals surface area (Å²) in [5, 5.41) is 13.4. The highest BCUT2D eigenvalue weighted by atomic mass is 19.4. The molecule has 0 aliphatic heterocycles. The summed E-state index contributed by atoms with van der Waals surface area (Å²) in [6.07, 6.45) is -0.633.